The number of hydrogen-bond donors (Lipinski definition) is 0. The van der Waals surface area contributed by atoms with Gasteiger partial charge in [-0.25, -0.2) is 9.07 Å². The Morgan fingerprint density at radius 1 is 1.24 bits per heavy atom. The zero-order valence-corrected chi connectivity index (χ0v) is 15.6. The molecule has 1 aliphatic rings. The molecule has 1 heterocycles. The van der Waals surface area contributed by atoms with Crippen molar-refractivity contribution in [2.24, 2.45) is 5.92 Å². The third-order valence-corrected chi connectivity index (χ3v) is 5.21. The first-order valence-electron chi connectivity index (χ1n) is 9.29. The fourth-order valence-electron chi connectivity index (χ4n) is 3.50. The maximum Gasteiger partial charge on any atom is 0.212 e. The average Bonchev–Trinajstić information content (AvgIpc) is 2.98. The van der Waals surface area contributed by atoms with Gasteiger partial charge in [-0.2, -0.15) is 5.10 Å². The summed E-state index contributed by atoms with van der Waals surface area (Å²) >= 11 is 6.14. The number of hydrogen-bond acceptors (Lipinski definition) is 2. The van der Waals surface area contributed by atoms with Gasteiger partial charge in [0.05, 0.1) is 5.69 Å². The van der Waals surface area contributed by atoms with Crippen LogP contribution in [0.2, 0.25) is 5.02 Å². The third kappa shape index (κ3) is 4.97. The van der Waals surface area contributed by atoms with Crippen LogP contribution >= 0.6 is 11.6 Å². The molecule has 3 rings (SSSR count). The van der Waals surface area contributed by atoms with Crippen LogP contribution in [0.15, 0.2) is 24.3 Å². The first kappa shape index (κ1) is 18.2. The summed E-state index contributed by atoms with van der Waals surface area (Å²) in [4.78, 5) is 0. The molecule has 1 fully saturated rings. The van der Waals surface area contributed by atoms with E-state index in [0.29, 0.717) is 16.5 Å². The van der Waals surface area contributed by atoms with Crippen LogP contribution < -0.4 is 4.74 Å². The van der Waals surface area contributed by atoms with Gasteiger partial charge in [0.25, 0.3) is 0 Å². The Labute approximate surface area is 154 Å². The summed E-state index contributed by atoms with van der Waals surface area (Å²) in [5.41, 5.74) is 1.71. The molecular weight excluding hydrogens is 339 g/mol. The van der Waals surface area contributed by atoms with Crippen molar-refractivity contribution in [3.8, 4) is 5.88 Å². The molecule has 0 amide bonds. The summed E-state index contributed by atoms with van der Waals surface area (Å²) in [6.07, 6.45) is 8.48. The van der Waals surface area contributed by atoms with Gasteiger partial charge in [-0.15, -0.1) is 0 Å². The number of aromatic nitrogens is 2. The van der Waals surface area contributed by atoms with Crippen molar-refractivity contribution in [1.82, 2.24) is 9.78 Å². The summed E-state index contributed by atoms with van der Waals surface area (Å²) < 4.78 is 21.4. The molecule has 0 saturated heterocycles. The fourth-order valence-corrected chi connectivity index (χ4v) is 3.67. The zero-order valence-electron chi connectivity index (χ0n) is 14.8. The van der Waals surface area contributed by atoms with Gasteiger partial charge in [0.15, 0.2) is 0 Å². The van der Waals surface area contributed by atoms with Gasteiger partial charge in [-0.05, 0) is 43.4 Å². The van der Waals surface area contributed by atoms with Crippen LogP contribution in [0.5, 0.6) is 5.88 Å². The maximum atomic E-state index is 13.4. The van der Waals surface area contributed by atoms with E-state index in [1.165, 1.54) is 44.2 Å². The van der Waals surface area contributed by atoms with E-state index >= 15 is 0 Å². The lowest BCUT2D eigenvalue weighted by atomic mass is 9.89. The third-order valence-electron chi connectivity index (χ3n) is 4.84. The fraction of sp³-hybridized carbons (Fsp3) is 0.550. The second kappa shape index (κ2) is 8.70. The molecule has 0 N–H and O–H groups in total. The van der Waals surface area contributed by atoms with Crippen LogP contribution in [0.4, 0.5) is 4.39 Å². The lowest BCUT2D eigenvalue weighted by Gasteiger charge is -2.22. The van der Waals surface area contributed by atoms with Crippen molar-refractivity contribution in [3.63, 3.8) is 0 Å². The minimum absolute atomic E-state index is 0.249. The Morgan fingerprint density at radius 3 is 2.80 bits per heavy atom. The highest BCUT2D eigenvalue weighted by molar-refractivity contribution is 6.31. The molecule has 5 heteroatoms. The highest BCUT2D eigenvalue weighted by atomic mass is 35.5. The normalized spacial score (nSPS) is 15.5. The highest BCUT2D eigenvalue weighted by Crippen LogP contribution is 2.28. The number of benzene rings is 1. The van der Waals surface area contributed by atoms with E-state index in [1.807, 2.05) is 10.7 Å². The zero-order chi connectivity index (χ0) is 17.6. The topological polar surface area (TPSA) is 27.1 Å². The van der Waals surface area contributed by atoms with Crippen molar-refractivity contribution >= 4 is 11.6 Å². The number of aryl methyl sites for hydroxylation is 1. The number of rotatable bonds is 7. The first-order valence-corrected chi connectivity index (χ1v) is 9.67. The molecule has 1 aromatic heterocycles. The molecule has 2 aromatic rings. The molecule has 0 bridgehead atoms. The summed E-state index contributed by atoms with van der Waals surface area (Å²) in [6, 6.07) is 6.37. The van der Waals surface area contributed by atoms with Crippen molar-refractivity contribution in [3.05, 3.63) is 46.4 Å². The van der Waals surface area contributed by atoms with E-state index in [4.69, 9.17) is 21.4 Å². The molecule has 1 saturated carbocycles. The van der Waals surface area contributed by atoms with Gasteiger partial charge in [0, 0.05) is 23.2 Å². The molecule has 0 aliphatic heterocycles. The van der Waals surface area contributed by atoms with E-state index in [1.54, 1.807) is 6.07 Å². The number of halogens is 2. The van der Waals surface area contributed by atoms with Crippen molar-refractivity contribution < 1.29 is 9.13 Å². The van der Waals surface area contributed by atoms with Gasteiger partial charge in [-0.1, -0.05) is 44.2 Å². The van der Waals surface area contributed by atoms with Gasteiger partial charge in [0.2, 0.25) is 5.88 Å². The maximum absolute atomic E-state index is 13.4. The summed E-state index contributed by atoms with van der Waals surface area (Å²) in [5, 5.41) is 5.25. The average molecular weight is 365 g/mol. The lowest BCUT2D eigenvalue weighted by molar-refractivity contribution is 0.245. The molecule has 3 nitrogen and oxygen atoms in total. The van der Waals surface area contributed by atoms with E-state index < -0.39 is 0 Å². The van der Waals surface area contributed by atoms with Crippen molar-refractivity contribution in [2.75, 3.05) is 0 Å². The van der Waals surface area contributed by atoms with Crippen molar-refractivity contribution in [2.45, 2.75) is 65.0 Å². The van der Waals surface area contributed by atoms with E-state index in [9.17, 15) is 4.39 Å². The minimum Gasteiger partial charge on any atom is -0.473 e. The Morgan fingerprint density at radius 2 is 2.04 bits per heavy atom. The van der Waals surface area contributed by atoms with Gasteiger partial charge < -0.3 is 4.74 Å². The SMILES string of the molecule is CCCc1cc(OCc2cc(F)ccc2Cl)n(CC2CCCCC2)n1. The van der Waals surface area contributed by atoms with E-state index in [0.717, 1.165) is 31.0 Å². The van der Waals surface area contributed by atoms with Gasteiger partial charge in [0.1, 0.15) is 12.4 Å². The summed E-state index contributed by atoms with van der Waals surface area (Å²) in [6.45, 7) is 3.29. The predicted octanol–water partition coefficient (Wildman–Crippen LogP) is 5.79. The molecule has 0 radical (unpaired) electrons. The van der Waals surface area contributed by atoms with Crippen molar-refractivity contribution in [1.29, 1.82) is 0 Å². The largest absolute Gasteiger partial charge is 0.473 e. The Hall–Kier alpha value is -1.55. The first-order chi connectivity index (χ1) is 12.2. The Kier molecular flexibility index (Phi) is 6.35. The monoisotopic (exact) mass is 364 g/mol. The predicted molar refractivity (Wildman–Crippen MR) is 98.5 cm³/mol. The second-order valence-corrected chi connectivity index (χ2v) is 7.34. The molecule has 0 spiro atoms. The molecule has 25 heavy (non-hydrogen) atoms. The number of nitrogens with zero attached hydrogens (tertiary/aromatic N) is 2. The smallest absolute Gasteiger partial charge is 0.212 e. The highest BCUT2D eigenvalue weighted by Gasteiger charge is 2.18. The molecule has 1 aliphatic carbocycles. The van der Waals surface area contributed by atoms with E-state index in [2.05, 4.69) is 6.92 Å². The Bertz CT molecular complexity index is 695. The van der Waals surface area contributed by atoms with Gasteiger partial charge >= 0.3 is 0 Å². The summed E-state index contributed by atoms with van der Waals surface area (Å²) in [5.74, 6) is 1.13. The van der Waals surface area contributed by atoms with E-state index in [-0.39, 0.29) is 12.4 Å². The number of ether oxygens (including phenoxy) is 1. The van der Waals surface area contributed by atoms with Crippen LogP contribution in [0.1, 0.15) is 56.7 Å². The van der Waals surface area contributed by atoms with Crippen LogP contribution in [-0.4, -0.2) is 9.78 Å². The Balaban J connectivity index is 1.72. The van der Waals surface area contributed by atoms with Gasteiger partial charge in [-0.3, -0.25) is 0 Å². The standard InChI is InChI=1S/C20H26ClFN2O/c1-2-6-18-12-20(24(23-18)13-15-7-4-3-5-8-15)25-14-16-11-17(22)9-10-19(16)21/h9-12,15H,2-8,13-14H2,1H3. The quantitative estimate of drug-likeness (QED) is 0.622. The molecule has 1 aromatic carbocycles. The molecule has 0 atom stereocenters. The minimum atomic E-state index is -0.301. The second-order valence-electron chi connectivity index (χ2n) is 6.93. The van der Waals surface area contributed by atoms with Crippen LogP contribution in [-0.2, 0) is 19.6 Å². The molecule has 0 unspecified atom stereocenters. The lowest BCUT2D eigenvalue weighted by Crippen LogP contribution is -2.16. The molecule has 136 valence electrons. The summed E-state index contributed by atoms with van der Waals surface area (Å²) in [7, 11) is 0. The molecular formula is C20H26ClFN2O. The van der Waals surface area contributed by atoms with Crippen LogP contribution in [0, 0.1) is 11.7 Å². The van der Waals surface area contributed by atoms with Crippen LogP contribution in [0.3, 0.4) is 0 Å². The van der Waals surface area contributed by atoms with Crippen LogP contribution in [0.25, 0.3) is 0 Å².